The van der Waals surface area contributed by atoms with Gasteiger partial charge in [0.15, 0.2) is 6.79 Å². The maximum atomic E-state index is 12.3. The number of methoxy groups -OCH3 is 1. The highest BCUT2D eigenvalue weighted by molar-refractivity contribution is 7.92. The van der Waals surface area contributed by atoms with Gasteiger partial charge in [0.25, 0.3) is 0 Å². The average Bonchev–Trinajstić information content (AvgIpc) is 2.81. The largest absolute Gasteiger partial charge is 0.467 e. The molecule has 7 nitrogen and oxygen atoms in total. The van der Waals surface area contributed by atoms with Gasteiger partial charge in [-0.15, -0.1) is 0 Å². The third kappa shape index (κ3) is 6.68. The van der Waals surface area contributed by atoms with Crippen molar-refractivity contribution in [2.45, 2.75) is 32.3 Å². The lowest BCUT2D eigenvalue weighted by Crippen LogP contribution is -2.17. The lowest BCUT2D eigenvalue weighted by atomic mass is 9.97. The Bertz CT molecular complexity index is 1250. The summed E-state index contributed by atoms with van der Waals surface area (Å²) in [5, 5.41) is 21.9. The number of anilines is 1. The van der Waals surface area contributed by atoms with E-state index < -0.39 is 16.1 Å². The van der Waals surface area contributed by atoms with E-state index >= 15 is 0 Å². The highest BCUT2D eigenvalue weighted by atomic mass is 32.2. The molecule has 33 heavy (non-hydrogen) atoms. The Kier molecular flexibility index (Phi) is 8.28. The zero-order chi connectivity index (χ0) is 23.8. The molecule has 0 aliphatic heterocycles. The number of sulfonamides is 1. The number of benzene rings is 3. The lowest BCUT2D eigenvalue weighted by molar-refractivity contribution is 0.0498. The Morgan fingerprint density at radius 1 is 1.09 bits per heavy atom. The summed E-state index contributed by atoms with van der Waals surface area (Å²) in [7, 11) is -1.95. The van der Waals surface area contributed by atoms with Crippen LogP contribution in [-0.4, -0.2) is 33.2 Å². The Morgan fingerprint density at radius 3 is 2.61 bits per heavy atom. The van der Waals surface area contributed by atoms with E-state index in [9.17, 15) is 13.5 Å². The molecule has 2 N–H and O–H groups in total. The first-order chi connectivity index (χ1) is 15.8. The van der Waals surface area contributed by atoms with Crippen LogP contribution in [0, 0.1) is 11.3 Å². The molecule has 0 heterocycles. The van der Waals surface area contributed by atoms with Crippen LogP contribution in [0.1, 0.15) is 42.6 Å². The number of aliphatic hydroxyl groups excluding tert-OH is 1. The molecule has 0 radical (unpaired) electrons. The number of fused-ring (bicyclic) bond motifs is 1. The summed E-state index contributed by atoms with van der Waals surface area (Å²) in [6.07, 6.45) is 0.694. The molecule has 0 aliphatic carbocycles. The van der Waals surface area contributed by atoms with Crippen LogP contribution in [0.5, 0.6) is 5.75 Å². The van der Waals surface area contributed by atoms with Gasteiger partial charge in [0.2, 0.25) is 10.0 Å². The number of nitrogens with one attached hydrogen (secondary N) is 1. The maximum absolute atomic E-state index is 12.3. The molecule has 3 aromatic carbocycles. The Balaban J connectivity index is 1.87. The van der Waals surface area contributed by atoms with E-state index in [2.05, 4.69) is 10.8 Å². The fourth-order valence-electron chi connectivity index (χ4n) is 3.50. The first-order valence-corrected chi connectivity index (χ1v) is 12.4. The summed E-state index contributed by atoms with van der Waals surface area (Å²) in [4.78, 5) is 0. The quantitative estimate of drug-likeness (QED) is 0.401. The molecule has 0 aromatic heterocycles. The summed E-state index contributed by atoms with van der Waals surface area (Å²) < 4.78 is 37.8. The molecule has 0 aliphatic rings. The van der Waals surface area contributed by atoms with Crippen molar-refractivity contribution in [3.05, 3.63) is 71.3 Å². The van der Waals surface area contributed by atoms with Crippen molar-refractivity contribution in [3.8, 4) is 11.8 Å². The van der Waals surface area contributed by atoms with Gasteiger partial charge in [0.05, 0.1) is 23.5 Å². The highest BCUT2D eigenvalue weighted by Gasteiger charge is 2.16. The van der Waals surface area contributed by atoms with Gasteiger partial charge >= 0.3 is 0 Å². The molecule has 0 saturated heterocycles. The van der Waals surface area contributed by atoms with Crippen LogP contribution in [0.4, 0.5) is 5.69 Å². The zero-order valence-corrected chi connectivity index (χ0v) is 19.6. The van der Waals surface area contributed by atoms with Crippen LogP contribution in [0.3, 0.4) is 0 Å². The zero-order valence-electron chi connectivity index (χ0n) is 18.7. The molecule has 0 amide bonds. The van der Waals surface area contributed by atoms with Crippen LogP contribution in [0.2, 0.25) is 0 Å². The predicted octanol–water partition coefficient (Wildman–Crippen LogP) is 4.51. The van der Waals surface area contributed by atoms with Crippen LogP contribution >= 0.6 is 0 Å². The Hall–Kier alpha value is -3.12. The number of aliphatic hydroxyl groups is 1. The first kappa shape index (κ1) is 24.5. The first-order valence-electron chi connectivity index (χ1n) is 10.7. The number of hydrogen-bond acceptors (Lipinski definition) is 6. The summed E-state index contributed by atoms with van der Waals surface area (Å²) in [5.74, 6) is 0.547. The molecule has 3 aromatic rings. The van der Waals surface area contributed by atoms with Crippen molar-refractivity contribution in [2.75, 3.05) is 24.4 Å². The van der Waals surface area contributed by atoms with E-state index in [1.54, 1.807) is 30.3 Å². The van der Waals surface area contributed by atoms with Crippen LogP contribution in [-0.2, 0) is 21.2 Å². The van der Waals surface area contributed by atoms with Gasteiger partial charge in [-0.2, -0.15) is 5.26 Å². The average molecular weight is 469 g/mol. The molecule has 1 atom stereocenters. The molecule has 0 fully saturated rings. The minimum absolute atomic E-state index is 0.0254. The minimum atomic E-state index is -3.46. The normalized spacial score (nSPS) is 12.3. The SMILES string of the molecule is CCCCS(=O)(=O)Nc1ccc(OCOC)c(CC(O)c2ccc3ccc(C#N)cc3c2)c1. The fourth-order valence-corrected chi connectivity index (χ4v) is 4.76. The van der Waals surface area contributed by atoms with Crippen molar-refractivity contribution in [1.82, 2.24) is 0 Å². The second-order valence-electron chi connectivity index (χ2n) is 7.80. The third-order valence-corrected chi connectivity index (χ3v) is 6.60. The molecular formula is C25H28N2O5S. The maximum Gasteiger partial charge on any atom is 0.232 e. The Morgan fingerprint density at radius 2 is 1.88 bits per heavy atom. The highest BCUT2D eigenvalue weighted by Crippen LogP contribution is 2.30. The second-order valence-corrected chi connectivity index (χ2v) is 9.64. The molecule has 8 heteroatoms. The minimum Gasteiger partial charge on any atom is -0.467 e. The summed E-state index contributed by atoms with van der Waals surface area (Å²) in [6, 6.07) is 18.1. The van der Waals surface area contributed by atoms with Gasteiger partial charge in [-0.3, -0.25) is 4.72 Å². The number of hydrogen-bond donors (Lipinski definition) is 2. The van der Waals surface area contributed by atoms with Crippen molar-refractivity contribution in [2.24, 2.45) is 0 Å². The molecule has 0 saturated carbocycles. The van der Waals surface area contributed by atoms with Gasteiger partial charge in [0.1, 0.15) is 5.75 Å². The monoisotopic (exact) mass is 468 g/mol. The van der Waals surface area contributed by atoms with Crippen molar-refractivity contribution in [3.63, 3.8) is 0 Å². The number of rotatable bonds is 11. The second kappa shape index (κ2) is 11.1. The van der Waals surface area contributed by atoms with Gasteiger partial charge in [-0.1, -0.05) is 31.5 Å². The van der Waals surface area contributed by atoms with Crippen molar-refractivity contribution < 1.29 is 23.0 Å². The van der Waals surface area contributed by atoms with E-state index in [1.165, 1.54) is 7.11 Å². The van der Waals surface area contributed by atoms with Gasteiger partial charge in [-0.05, 0) is 64.7 Å². The van der Waals surface area contributed by atoms with Crippen molar-refractivity contribution >= 4 is 26.5 Å². The van der Waals surface area contributed by atoms with Crippen LogP contribution in [0.25, 0.3) is 10.8 Å². The molecule has 174 valence electrons. The smallest absolute Gasteiger partial charge is 0.232 e. The fraction of sp³-hybridized carbons (Fsp3) is 0.320. The standard InChI is InChI=1S/C25H28N2O5S/c1-3-4-11-33(29,30)27-23-9-10-25(32-17-31-2)22(14-23)15-24(28)20-8-7-19-6-5-18(16-26)12-21(19)13-20/h5-10,12-14,24,27-28H,3-4,11,15,17H2,1-2H3. The summed E-state index contributed by atoms with van der Waals surface area (Å²) in [5.41, 5.74) is 2.29. The molecule has 0 bridgehead atoms. The number of nitriles is 1. The summed E-state index contributed by atoms with van der Waals surface area (Å²) >= 11 is 0. The predicted molar refractivity (Wildman–Crippen MR) is 129 cm³/mol. The summed E-state index contributed by atoms with van der Waals surface area (Å²) in [6.45, 7) is 1.96. The molecule has 1 unspecified atom stereocenters. The Labute approximate surface area is 194 Å². The molecule has 0 spiro atoms. The van der Waals surface area contributed by atoms with Crippen LogP contribution < -0.4 is 9.46 Å². The van der Waals surface area contributed by atoms with E-state index in [-0.39, 0.29) is 19.0 Å². The number of nitrogens with zero attached hydrogens (tertiary/aromatic N) is 1. The van der Waals surface area contributed by atoms with E-state index in [1.807, 2.05) is 31.2 Å². The van der Waals surface area contributed by atoms with E-state index in [0.717, 1.165) is 17.2 Å². The molecular weight excluding hydrogens is 440 g/mol. The van der Waals surface area contributed by atoms with Gasteiger partial charge in [-0.25, -0.2) is 8.42 Å². The third-order valence-electron chi connectivity index (χ3n) is 5.22. The number of ether oxygens (including phenoxy) is 2. The van der Waals surface area contributed by atoms with Gasteiger partial charge < -0.3 is 14.6 Å². The van der Waals surface area contributed by atoms with Crippen molar-refractivity contribution in [1.29, 1.82) is 5.26 Å². The molecule has 3 rings (SSSR count). The van der Waals surface area contributed by atoms with E-state index in [4.69, 9.17) is 14.7 Å². The van der Waals surface area contributed by atoms with Gasteiger partial charge in [0, 0.05) is 19.2 Å². The van der Waals surface area contributed by atoms with Crippen LogP contribution in [0.15, 0.2) is 54.6 Å². The van der Waals surface area contributed by atoms with E-state index in [0.29, 0.717) is 34.5 Å². The topological polar surface area (TPSA) is 109 Å². The number of unbranched alkanes of at least 4 members (excludes halogenated alkanes) is 1. The lowest BCUT2D eigenvalue weighted by Gasteiger charge is -2.17.